The second-order valence-corrected chi connectivity index (χ2v) is 11.9. The minimum Gasteiger partial charge on any atom is -0.381 e. The van der Waals surface area contributed by atoms with Gasteiger partial charge in [0, 0.05) is 31.2 Å². The lowest BCUT2D eigenvalue weighted by atomic mass is 9.79. The average Bonchev–Trinajstić information content (AvgIpc) is 3.34. The van der Waals surface area contributed by atoms with Crippen molar-refractivity contribution in [1.29, 1.82) is 5.26 Å². The molecule has 3 aromatic carbocycles. The van der Waals surface area contributed by atoms with Gasteiger partial charge in [-0.2, -0.15) is 5.26 Å². The van der Waals surface area contributed by atoms with Crippen molar-refractivity contribution in [3.63, 3.8) is 0 Å². The number of imidazole rings is 1. The minimum atomic E-state index is -3.34. The van der Waals surface area contributed by atoms with E-state index in [9.17, 15) is 13.7 Å². The number of halogens is 2. The van der Waals surface area contributed by atoms with Gasteiger partial charge >= 0.3 is 0 Å². The Kier molecular flexibility index (Phi) is 6.86. The van der Waals surface area contributed by atoms with Crippen molar-refractivity contribution in [3.8, 4) is 34.3 Å². The molecule has 2 heterocycles. The molecule has 6 nitrogen and oxygen atoms in total. The lowest BCUT2D eigenvalue weighted by Gasteiger charge is -2.28. The molecule has 0 bridgehead atoms. The van der Waals surface area contributed by atoms with E-state index in [1.807, 2.05) is 47.2 Å². The zero-order valence-corrected chi connectivity index (χ0v) is 22.3. The SMILES string of the molecule is CS(=O)(=O)c1cccc(-c2ccc(-n3cc(C4(C#N)CCOCC4)nc3-c3ccccc3Cl)c(Cl)c2)c1. The molecular weight excluding hydrogens is 529 g/mol. The Balaban J connectivity index is 1.65. The average molecular weight is 552 g/mol. The van der Waals surface area contributed by atoms with Crippen molar-refractivity contribution >= 4 is 33.0 Å². The molecule has 0 atom stereocenters. The summed E-state index contributed by atoms with van der Waals surface area (Å²) >= 11 is 13.4. The van der Waals surface area contributed by atoms with Crippen LogP contribution < -0.4 is 0 Å². The Morgan fingerprint density at radius 3 is 2.38 bits per heavy atom. The molecule has 1 saturated heterocycles. The quantitative estimate of drug-likeness (QED) is 0.283. The summed E-state index contributed by atoms with van der Waals surface area (Å²) in [7, 11) is -3.34. The zero-order valence-electron chi connectivity index (χ0n) is 20.0. The molecule has 1 aromatic heterocycles. The Bertz CT molecular complexity index is 1630. The smallest absolute Gasteiger partial charge is 0.175 e. The van der Waals surface area contributed by atoms with E-state index in [0.717, 1.165) is 16.7 Å². The van der Waals surface area contributed by atoms with E-state index in [-0.39, 0.29) is 4.90 Å². The fraction of sp³-hybridized carbons (Fsp3) is 0.214. The Morgan fingerprint density at radius 1 is 0.973 bits per heavy atom. The van der Waals surface area contributed by atoms with Gasteiger partial charge in [0.25, 0.3) is 0 Å². The van der Waals surface area contributed by atoms with Crippen LogP contribution in [-0.2, 0) is 20.0 Å². The van der Waals surface area contributed by atoms with Crippen LogP contribution in [-0.4, -0.2) is 37.4 Å². The van der Waals surface area contributed by atoms with Gasteiger partial charge in [-0.3, -0.25) is 4.57 Å². The molecule has 0 spiro atoms. The lowest BCUT2D eigenvalue weighted by molar-refractivity contribution is 0.0665. The van der Waals surface area contributed by atoms with E-state index in [0.29, 0.717) is 53.3 Å². The number of sulfone groups is 1. The first-order chi connectivity index (χ1) is 17.7. The minimum absolute atomic E-state index is 0.240. The lowest BCUT2D eigenvalue weighted by Crippen LogP contribution is -2.32. The summed E-state index contributed by atoms with van der Waals surface area (Å²) in [5.41, 5.74) is 2.78. The molecule has 0 aliphatic carbocycles. The molecule has 0 N–H and O–H groups in total. The number of hydrogen-bond acceptors (Lipinski definition) is 5. The summed E-state index contributed by atoms with van der Waals surface area (Å²) in [6.07, 6.45) is 4.14. The van der Waals surface area contributed by atoms with E-state index < -0.39 is 15.3 Å². The highest BCUT2D eigenvalue weighted by molar-refractivity contribution is 7.90. The van der Waals surface area contributed by atoms with Crippen LogP contribution in [0, 0.1) is 11.3 Å². The second-order valence-electron chi connectivity index (χ2n) is 9.07. The zero-order chi connectivity index (χ0) is 26.2. The molecule has 9 heteroatoms. The summed E-state index contributed by atoms with van der Waals surface area (Å²) in [4.78, 5) is 5.16. The number of rotatable bonds is 5. The topological polar surface area (TPSA) is 85.0 Å². The third-order valence-corrected chi connectivity index (χ3v) is 8.42. The van der Waals surface area contributed by atoms with Gasteiger partial charge in [-0.15, -0.1) is 0 Å². The fourth-order valence-electron chi connectivity index (χ4n) is 4.56. The summed E-state index contributed by atoms with van der Waals surface area (Å²) in [5.74, 6) is 0.579. The summed E-state index contributed by atoms with van der Waals surface area (Å²) in [6, 6.07) is 22.2. The summed E-state index contributed by atoms with van der Waals surface area (Å²) < 4.78 is 31.4. The number of benzene rings is 3. The maximum Gasteiger partial charge on any atom is 0.175 e. The highest BCUT2D eigenvalue weighted by atomic mass is 35.5. The first-order valence-electron chi connectivity index (χ1n) is 11.7. The molecule has 1 aliphatic rings. The number of hydrogen-bond donors (Lipinski definition) is 0. The van der Waals surface area contributed by atoms with E-state index in [4.69, 9.17) is 32.9 Å². The van der Waals surface area contributed by atoms with Gasteiger partial charge in [0.2, 0.25) is 0 Å². The van der Waals surface area contributed by atoms with E-state index in [1.54, 1.807) is 30.3 Å². The summed E-state index contributed by atoms with van der Waals surface area (Å²) in [6.45, 7) is 0.980. The first-order valence-corrected chi connectivity index (χ1v) is 14.3. The molecule has 0 amide bonds. The maximum absolute atomic E-state index is 12.0. The van der Waals surface area contributed by atoms with Crippen molar-refractivity contribution in [2.75, 3.05) is 19.5 Å². The molecule has 188 valence electrons. The van der Waals surface area contributed by atoms with Gasteiger partial charge in [-0.25, -0.2) is 13.4 Å². The third-order valence-electron chi connectivity index (χ3n) is 6.67. The van der Waals surface area contributed by atoms with Crippen LogP contribution in [0.3, 0.4) is 0 Å². The van der Waals surface area contributed by atoms with E-state index >= 15 is 0 Å². The maximum atomic E-state index is 12.0. The van der Waals surface area contributed by atoms with Gasteiger partial charge in [0.05, 0.1) is 32.4 Å². The van der Waals surface area contributed by atoms with Crippen LogP contribution in [0.25, 0.3) is 28.2 Å². The Labute approximate surface area is 226 Å². The molecule has 5 rings (SSSR count). The molecular formula is C28H23Cl2N3O3S. The Hall–Kier alpha value is -3.15. The van der Waals surface area contributed by atoms with Crippen molar-refractivity contribution in [3.05, 3.63) is 88.7 Å². The van der Waals surface area contributed by atoms with Crippen molar-refractivity contribution < 1.29 is 13.2 Å². The van der Waals surface area contributed by atoms with Gasteiger partial charge in [0.15, 0.2) is 9.84 Å². The normalized spacial score (nSPS) is 15.3. The molecule has 1 aliphatic heterocycles. The molecule has 37 heavy (non-hydrogen) atoms. The van der Waals surface area contributed by atoms with Crippen LogP contribution in [0.5, 0.6) is 0 Å². The number of nitrogens with zero attached hydrogens (tertiary/aromatic N) is 3. The number of aromatic nitrogens is 2. The van der Waals surface area contributed by atoms with E-state index in [1.165, 1.54) is 6.26 Å². The standard InChI is InChI=1S/C28H23Cl2N3O3S/c1-37(34,35)21-6-4-5-19(15-21)20-9-10-25(24(30)16-20)33-17-26(28(18-31)11-13-36-14-12-28)32-27(33)22-7-2-3-8-23(22)29/h2-10,15-17H,11-14H2,1H3. The largest absolute Gasteiger partial charge is 0.381 e. The van der Waals surface area contributed by atoms with Crippen molar-refractivity contribution in [2.24, 2.45) is 0 Å². The Morgan fingerprint density at radius 2 is 1.70 bits per heavy atom. The molecule has 0 radical (unpaired) electrons. The number of nitriles is 1. The fourth-order valence-corrected chi connectivity index (χ4v) is 5.72. The van der Waals surface area contributed by atoms with Gasteiger partial charge < -0.3 is 4.74 Å². The molecule has 0 saturated carbocycles. The molecule has 0 unspecified atom stereocenters. The predicted molar refractivity (Wildman–Crippen MR) is 145 cm³/mol. The van der Waals surface area contributed by atoms with E-state index in [2.05, 4.69) is 6.07 Å². The van der Waals surface area contributed by atoms with Crippen LogP contribution in [0.4, 0.5) is 0 Å². The third kappa shape index (κ3) is 4.90. The van der Waals surface area contributed by atoms with Crippen molar-refractivity contribution in [1.82, 2.24) is 9.55 Å². The highest BCUT2D eigenvalue weighted by Gasteiger charge is 2.38. The van der Waals surface area contributed by atoms with Crippen LogP contribution in [0.1, 0.15) is 18.5 Å². The van der Waals surface area contributed by atoms with Crippen molar-refractivity contribution in [2.45, 2.75) is 23.2 Å². The van der Waals surface area contributed by atoms with Crippen LogP contribution in [0.15, 0.2) is 77.8 Å². The second kappa shape index (κ2) is 9.96. The summed E-state index contributed by atoms with van der Waals surface area (Å²) in [5, 5.41) is 11.1. The number of ether oxygens (including phenoxy) is 1. The van der Waals surface area contributed by atoms with Gasteiger partial charge in [-0.05, 0) is 60.4 Å². The highest BCUT2D eigenvalue weighted by Crippen LogP contribution is 2.39. The van der Waals surface area contributed by atoms with Crippen LogP contribution >= 0.6 is 23.2 Å². The van der Waals surface area contributed by atoms with Gasteiger partial charge in [-0.1, -0.05) is 53.5 Å². The van der Waals surface area contributed by atoms with Gasteiger partial charge in [0.1, 0.15) is 11.2 Å². The monoisotopic (exact) mass is 551 g/mol. The van der Waals surface area contributed by atoms with Crippen LogP contribution in [0.2, 0.25) is 10.0 Å². The predicted octanol–water partition coefficient (Wildman–Crippen LogP) is 6.49. The first kappa shape index (κ1) is 25.5. The molecule has 1 fully saturated rings. The molecule has 4 aromatic rings.